The first-order chi connectivity index (χ1) is 34.9. The van der Waals surface area contributed by atoms with Gasteiger partial charge in [-0.1, -0.05) is 90.1 Å². The van der Waals surface area contributed by atoms with E-state index in [0.29, 0.717) is 0 Å². The highest BCUT2D eigenvalue weighted by Gasteiger charge is 2.48. The van der Waals surface area contributed by atoms with Gasteiger partial charge in [0.1, 0.15) is 24.2 Å². The zero-order chi connectivity index (χ0) is 54.2. The summed E-state index contributed by atoms with van der Waals surface area (Å²) in [6.07, 6.45) is 5.34. The summed E-state index contributed by atoms with van der Waals surface area (Å²) in [5.74, 6) is -3.14. The number of amides is 8. The zero-order valence-corrected chi connectivity index (χ0v) is 45.5. The molecule has 0 radical (unpaired) electrons. The summed E-state index contributed by atoms with van der Waals surface area (Å²) in [6, 6.07) is 9.28. The minimum atomic E-state index is -0.979. The molecule has 8 N–H and O–H groups in total. The van der Waals surface area contributed by atoms with Crippen molar-refractivity contribution in [2.45, 2.75) is 167 Å². The predicted molar refractivity (Wildman–Crippen MR) is 282 cm³/mol. The molecule has 19 nitrogen and oxygen atoms in total. The first-order valence-corrected chi connectivity index (χ1v) is 26.5. The van der Waals surface area contributed by atoms with Crippen LogP contribution < -0.4 is 42.5 Å². The van der Waals surface area contributed by atoms with E-state index in [9.17, 15) is 38.4 Å². The Balaban J connectivity index is 1.13. The van der Waals surface area contributed by atoms with E-state index in [1.807, 2.05) is 77.9 Å². The SMILES string of the molecule is CN[C@@H](C)C(=O)N[C@H](C(=O)N1C[C@@H](NC(=O)CN(C)CC(=O)N[C@H]2C[C@@H](C(=O)N[C@@H]3CCCc4ccccc43)N(C(=O)[C@@H](NC(=O)[C@H](C)NC)C(C)(C)C)C2)C[C@H]1C(=O)N[C@@H]1CCCc2ccccc21)C(C)(C)C. The number of carbonyl (C=O) groups is 8. The Hall–Kier alpha value is -5.92. The third-order valence-electron chi connectivity index (χ3n) is 15.2. The molecule has 74 heavy (non-hydrogen) atoms. The second-order valence-electron chi connectivity index (χ2n) is 23.1. The minimum absolute atomic E-state index is 0.0192. The number of rotatable bonds is 18. The number of hydrogen-bond acceptors (Lipinski definition) is 11. The highest BCUT2D eigenvalue weighted by molar-refractivity contribution is 5.96. The summed E-state index contributed by atoms with van der Waals surface area (Å²) in [4.78, 5) is 116. The van der Waals surface area contributed by atoms with Crippen LogP contribution in [0.4, 0.5) is 0 Å². The van der Waals surface area contributed by atoms with Gasteiger partial charge in [-0.05, 0) is 119 Å². The number of nitrogens with one attached hydrogen (secondary N) is 8. The summed E-state index contributed by atoms with van der Waals surface area (Å²) < 4.78 is 0. The van der Waals surface area contributed by atoms with Crippen LogP contribution in [-0.2, 0) is 51.2 Å². The fraction of sp³-hybridized carbons (Fsp3) is 0.636. The molecule has 10 atom stereocenters. The second-order valence-corrected chi connectivity index (χ2v) is 23.1. The predicted octanol–water partition coefficient (Wildman–Crippen LogP) is 1.75. The quantitative estimate of drug-likeness (QED) is 0.107. The summed E-state index contributed by atoms with van der Waals surface area (Å²) >= 11 is 0. The minimum Gasteiger partial charge on any atom is -0.350 e. The molecule has 406 valence electrons. The lowest BCUT2D eigenvalue weighted by Gasteiger charge is -2.36. The van der Waals surface area contributed by atoms with Gasteiger partial charge in [-0.25, -0.2) is 0 Å². The first kappa shape index (κ1) is 57.4. The van der Waals surface area contributed by atoms with Crippen molar-refractivity contribution in [2.75, 3.05) is 47.3 Å². The Morgan fingerprint density at radius 1 is 0.581 bits per heavy atom. The largest absolute Gasteiger partial charge is 0.350 e. The Bertz CT molecular complexity index is 2220. The lowest BCUT2D eigenvalue weighted by atomic mass is 9.85. The monoisotopic (exact) mass is 1030 g/mol. The first-order valence-electron chi connectivity index (χ1n) is 26.5. The van der Waals surface area contributed by atoms with Gasteiger partial charge >= 0.3 is 0 Å². The van der Waals surface area contributed by atoms with Crippen LogP contribution in [0.5, 0.6) is 0 Å². The fourth-order valence-electron chi connectivity index (χ4n) is 10.7. The zero-order valence-electron chi connectivity index (χ0n) is 45.5. The highest BCUT2D eigenvalue weighted by atomic mass is 16.2. The molecule has 19 heteroatoms. The molecule has 4 aliphatic rings. The van der Waals surface area contributed by atoms with Crippen molar-refractivity contribution in [3.63, 3.8) is 0 Å². The van der Waals surface area contributed by atoms with Gasteiger partial charge in [0.2, 0.25) is 47.3 Å². The molecule has 0 spiro atoms. The number of likely N-dealkylation sites (N-methyl/N-ethyl adjacent to an activating group) is 3. The van der Waals surface area contributed by atoms with Crippen LogP contribution in [0.1, 0.15) is 128 Å². The van der Waals surface area contributed by atoms with Crippen LogP contribution in [0, 0.1) is 10.8 Å². The van der Waals surface area contributed by atoms with Gasteiger partial charge in [0.05, 0.1) is 37.3 Å². The van der Waals surface area contributed by atoms with Crippen LogP contribution in [-0.4, -0.2) is 158 Å². The van der Waals surface area contributed by atoms with Gasteiger partial charge < -0.3 is 52.3 Å². The molecule has 0 unspecified atom stereocenters. The van der Waals surface area contributed by atoms with Gasteiger partial charge in [0.25, 0.3) is 0 Å². The number of aryl methyl sites for hydroxylation is 2. The standard InChI is InChI=1S/C55H83N11O8/c1-32(56-9)48(69)62-46(54(3,4)5)52(73)65-28-36(26-42(65)50(71)60-40-24-16-20-34-18-12-14-22-38(34)40)58-44(67)30-64(11)31-45(68)59-37-27-43(51(72)61-41-25-17-21-35-19-13-15-23-39(35)41)66(29-37)53(74)47(55(6,7)8)63-49(70)33(2)57-10/h12-15,18-19,22-23,32-33,36-37,40-43,46-47,56-57H,16-17,20-21,24-31H2,1-11H3,(H,58,67)(H,59,68)(H,60,71)(H,61,72)(H,62,69)(H,63,70)/t32-,33-,36-,37-,40+,41+,42-,43-,46+,47+/m0/s1. The average molecular weight is 1030 g/mol. The molecule has 0 aromatic heterocycles. The highest BCUT2D eigenvalue weighted by Crippen LogP contribution is 2.33. The van der Waals surface area contributed by atoms with Gasteiger partial charge in [-0.2, -0.15) is 0 Å². The van der Waals surface area contributed by atoms with Crippen molar-refractivity contribution in [3.05, 3.63) is 70.8 Å². The average Bonchev–Trinajstić information content (AvgIpc) is 3.97. The van der Waals surface area contributed by atoms with E-state index in [-0.39, 0.29) is 74.7 Å². The summed E-state index contributed by atoms with van der Waals surface area (Å²) in [5.41, 5.74) is 2.96. The lowest BCUT2D eigenvalue weighted by Crippen LogP contribution is -2.59. The molecule has 2 fully saturated rings. The van der Waals surface area contributed by atoms with E-state index >= 15 is 0 Å². The molecule has 2 aliphatic heterocycles. The molecule has 8 amide bonds. The van der Waals surface area contributed by atoms with Crippen LogP contribution in [0.3, 0.4) is 0 Å². The maximum Gasteiger partial charge on any atom is 0.246 e. The fourth-order valence-corrected chi connectivity index (χ4v) is 10.7. The summed E-state index contributed by atoms with van der Waals surface area (Å²) in [7, 11) is 4.93. The van der Waals surface area contributed by atoms with Crippen molar-refractivity contribution in [3.8, 4) is 0 Å². The topological polar surface area (TPSA) is 243 Å². The van der Waals surface area contributed by atoms with Crippen molar-refractivity contribution >= 4 is 47.3 Å². The van der Waals surface area contributed by atoms with Crippen LogP contribution in [0.2, 0.25) is 0 Å². The number of fused-ring (bicyclic) bond motifs is 2. The summed E-state index contributed by atoms with van der Waals surface area (Å²) in [6.45, 7) is 14.1. The van der Waals surface area contributed by atoms with Gasteiger partial charge in [-0.15, -0.1) is 0 Å². The maximum absolute atomic E-state index is 14.6. The number of hydrogen-bond donors (Lipinski definition) is 8. The smallest absolute Gasteiger partial charge is 0.246 e. The number of benzene rings is 2. The molecule has 2 aromatic rings. The van der Waals surface area contributed by atoms with Crippen molar-refractivity contribution < 1.29 is 38.4 Å². The Labute approximate surface area is 437 Å². The van der Waals surface area contributed by atoms with Crippen LogP contribution in [0.25, 0.3) is 0 Å². The lowest BCUT2D eigenvalue weighted by molar-refractivity contribution is -0.144. The van der Waals surface area contributed by atoms with Crippen molar-refractivity contribution in [1.82, 2.24) is 57.2 Å². The Morgan fingerprint density at radius 2 is 0.946 bits per heavy atom. The third kappa shape index (κ3) is 14.3. The number of likely N-dealkylation sites (tertiary alicyclic amines) is 2. The molecular formula is C55H83N11O8. The molecule has 0 bridgehead atoms. The van der Waals surface area contributed by atoms with E-state index in [1.54, 1.807) is 35.0 Å². The molecule has 0 saturated carbocycles. The van der Waals surface area contributed by atoms with Crippen LogP contribution in [0.15, 0.2) is 48.5 Å². The van der Waals surface area contributed by atoms with Crippen molar-refractivity contribution in [1.29, 1.82) is 0 Å². The van der Waals surface area contributed by atoms with E-state index in [4.69, 9.17) is 0 Å². The van der Waals surface area contributed by atoms with E-state index in [2.05, 4.69) is 54.7 Å². The molecule has 2 saturated heterocycles. The van der Waals surface area contributed by atoms with Gasteiger partial charge in [-0.3, -0.25) is 43.3 Å². The maximum atomic E-state index is 14.6. The van der Waals surface area contributed by atoms with E-state index in [0.717, 1.165) is 49.7 Å². The summed E-state index contributed by atoms with van der Waals surface area (Å²) in [5, 5.41) is 24.1. The van der Waals surface area contributed by atoms with E-state index < -0.39 is 82.8 Å². The number of nitrogens with zero attached hydrogens (tertiary/aromatic N) is 3. The van der Waals surface area contributed by atoms with Gasteiger partial charge in [0, 0.05) is 25.2 Å². The van der Waals surface area contributed by atoms with Crippen molar-refractivity contribution in [2.24, 2.45) is 10.8 Å². The Morgan fingerprint density at radius 3 is 1.30 bits per heavy atom. The molecule has 2 heterocycles. The van der Waals surface area contributed by atoms with Gasteiger partial charge in [0.15, 0.2) is 0 Å². The Kier molecular flexibility index (Phi) is 19.1. The van der Waals surface area contributed by atoms with E-state index in [1.165, 1.54) is 25.8 Å². The second kappa shape index (κ2) is 24.6. The molecule has 2 aliphatic carbocycles. The molecule has 2 aromatic carbocycles. The number of carbonyl (C=O) groups excluding carboxylic acids is 8. The van der Waals surface area contributed by atoms with Crippen LogP contribution >= 0.6 is 0 Å². The third-order valence-corrected chi connectivity index (χ3v) is 15.2. The molecular weight excluding hydrogens is 943 g/mol. The normalized spacial score (nSPS) is 23.3. The molecule has 6 rings (SSSR count).